The molecule has 4 nitrogen and oxygen atoms in total. The van der Waals surface area contributed by atoms with Gasteiger partial charge < -0.3 is 4.90 Å². The predicted octanol–water partition coefficient (Wildman–Crippen LogP) is 4.23. The summed E-state index contributed by atoms with van der Waals surface area (Å²) in [6.07, 6.45) is 3.27. The van der Waals surface area contributed by atoms with E-state index in [1.54, 1.807) is 0 Å². The molecule has 1 saturated heterocycles. The zero-order valence-corrected chi connectivity index (χ0v) is 17.2. The first-order chi connectivity index (χ1) is 14.2. The SMILES string of the molecule is CC1CCc2c(c3ccccc3n2C(=O)CN2CCN(c3ccccc3)CC2)C1. The van der Waals surface area contributed by atoms with Crippen molar-refractivity contribution in [2.24, 2.45) is 5.92 Å². The smallest absolute Gasteiger partial charge is 0.245 e. The Bertz CT molecular complexity index is 1020. The Labute approximate surface area is 172 Å². The zero-order valence-electron chi connectivity index (χ0n) is 17.2. The Kier molecular flexibility index (Phi) is 4.88. The summed E-state index contributed by atoms with van der Waals surface area (Å²) in [4.78, 5) is 18.1. The minimum absolute atomic E-state index is 0.227. The largest absolute Gasteiger partial charge is 0.369 e. The number of carbonyl (C=O) groups excluding carboxylic acids is 1. The van der Waals surface area contributed by atoms with E-state index in [2.05, 4.69) is 71.3 Å². The molecule has 1 aromatic heterocycles. The van der Waals surface area contributed by atoms with E-state index in [9.17, 15) is 4.79 Å². The van der Waals surface area contributed by atoms with Gasteiger partial charge in [0.2, 0.25) is 5.91 Å². The molecule has 0 spiro atoms. The molecule has 0 N–H and O–H groups in total. The van der Waals surface area contributed by atoms with Crippen LogP contribution in [-0.2, 0) is 12.8 Å². The predicted molar refractivity (Wildman–Crippen MR) is 119 cm³/mol. The average Bonchev–Trinajstić information content (AvgIpc) is 3.09. The number of rotatable bonds is 3. The first-order valence-electron chi connectivity index (χ1n) is 10.9. The van der Waals surface area contributed by atoms with E-state index in [1.807, 2.05) is 4.57 Å². The van der Waals surface area contributed by atoms with Gasteiger partial charge in [-0.15, -0.1) is 0 Å². The number of para-hydroxylation sites is 2. The Balaban J connectivity index is 1.34. The Morgan fingerprint density at radius 1 is 0.966 bits per heavy atom. The second-order valence-electron chi connectivity index (χ2n) is 8.62. The monoisotopic (exact) mass is 387 g/mol. The molecule has 1 atom stereocenters. The Morgan fingerprint density at radius 2 is 1.69 bits per heavy atom. The van der Waals surface area contributed by atoms with E-state index in [-0.39, 0.29) is 5.91 Å². The molecule has 0 radical (unpaired) electrons. The van der Waals surface area contributed by atoms with E-state index in [4.69, 9.17) is 0 Å². The number of fused-ring (bicyclic) bond motifs is 3. The van der Waals surface area contributed by atoms with Crippen LogP contribution in [0.15, 0.2) is 54.6 Å². The summed E-state index contributed by atoms with van der Waals surface area (Å²) in [5.74, 6) is 0.924. The number of hydrogen-bond donors (Lipinski definition) is 0. The van der Waals surface area contributed by atoms with Crippen molar-refractivity contribution in [3.63, 3.8) is 0 Å². The van der Waals surface area contributed by atoms with Gasteiger partial charge in [0.05, 0.1) is 12.1 Å². The third-order valence-corrected chi connectivity index (χ3v) is 6.62. The fourth-order valence-electron chi connectivity index (χ4n) is 5.03. The van der Waals surface area contributed by atoms with Gasteiger partial charge in [0, 0.05) is 42.9 Å². The molecular weight excluding hydrogens is 358 g/mol. The molecular formula is C25H29N3O. The fourth-order valence-corrected chi connectivity index (χ4v) is 5.03. The van der Waals surface area contributed by atoms with Crippen molar-refractivity contribution in [2.75, 3.05) is 37.6 Å². The van der Waals surface area contributed by atoms with Crippen LogP contribution in [0.4, 0.5) is 5.69 Å². The maximum atomic E-state index is 13.4. The lowest BCUT2D eigenvalue weighted by Crippen LogP contribution is -2.48. The Hall–Kier alpha value is -2.59. The zero-order chi connectivity index (χ0) is 19.8. The van der Waals surface area contributed by atoms with Gasteiger partial charge in [-0.2, -0.15) is 0 Å². The standard InChI is InChI=1S/C25H29N3O/c1-19-11-12-24-22(17-19)21-9-5-6-10-23(21)28(24)25(29)18-26-13-15-27(16-14-26)20-7-3-2-4-8-20/h2-10,19H,11-18H2,1H3. The first kappa shape index (κ1) is 18.4. The van der Waals surface area contributed by atoms with Crippen molar-refractivity contribution >= 4 is 22.5 Å². The van der Waals surface area contributed by atoms with Crippen molar-refractivity contribution in [3.05, 3.63) is 65.9 Å². The fraction of sp³-hybridized carbons (Fsp3) is 0.400. The summed E-state index contributed by atoms with van der Waals surface area (Å²) in [5.41, 5.74) is 5.04. The molecule has 2 heterocycles. The summed E-state index contributed by atoms with van der Waals surface area (Å²) in [6, 6.07) is 19.0. The minimum Gasteiger partial charge on any atom is -0.369 e. The summed E-state index contributed by atoms with van der Waals surface area (Å²) in [6.45, 7) is 6.63. The average molecular weight is 388 g/mol. The molecule has 1 unspecified atom stereocenters. The third-order valence-electron chi connectivity index (χ3n) is 6.62. The second-order valence-corrected chi connectivity index (χ2v) is 8.62. The second kappa shape index (κ2) is 7.68. The van der Waals surface area contributed by atoms with Crippen molar-refractivity contribution in [1.29, 1.82) is 0 Å². The molecule has 2 aromatic carbocycles. The third kappa shape index (κ3) is 3.46. The molecule has 4 heteroatoms. The molecule has 0 bridgehead atoms. The van der Waals surface area contributed by atoms with Gasteiger partial charge in [0.15, 0.2) is 0 Å². The maximum absolute atomic E-state index is 13.4. The first-order valence-corrected chi connectivity index (χ1v) is 10.9. The van der Waals surface area contributed by atoms with Crippen LogP contribution in [0, 0.1) is 5.92 Å². The van der Waals surface area contributed by atoms with Crippen LogP contribution in [0.2, 0.25) is 0 Å². The van der Waals surface area contributed by atoms with Crippen LogP contribution in [0.1, 0.15) is 29.4 Å². The normalized spacial score (nSPS) is 20.0. The van der Waals surface area contributed by atoms with Crippen LogP contribution in [-0.4, -0.2) is 48.1 Å². The lowest BCUT2D eigenvalue weighted by molar-refractivity contribution is 0.0845. The number of nitrogens with zero attached hydrogens (tertiary/aromatic N) is 3. The lowest BCUT2D eigenvalue weighted by atomic mass is 9.88. The number of aromatic nitrogens is 1. The number of piperazine rings is 1. The molecule has 1 fully saturated rings. The lowest BCUT2D eigenvalue weighted by Gasteiger charge is -2.35. The van der Waals surface area contributed by atoms with E-state index in [0.29, 0.717) is 12.5 Å². The highest BCUT2D eigenvalue weighted by atomic mass is 16.2. The van der Waals surface area contributed by atoms with Crippen molar-refractivity contribution in [1.82, 2.24) is 9.47 Å². The maximum Gasteiger partial charge on any atom is 0.245 e. The van der Waals surface area contributed by atoms with Crippen LogP contribution >= 0.6 is 0 Å². The number of hydrogen-bond acceptors (Lipinski definition) is 3. The van der Waals surface area contributed by atoms with Crippen LogP contribution in [0.25, 0.3) is 10.9 Å². The quantitative estimate of drug-likeness (QED) is 0.673. The minimum atomic E-state index is 0.227. The Morgan fingerprint density at radius 3 is 2.48 bits per heavy atom. The van der Waals surface area contributed by atoms with Crippen LogP contribution < -0.4 is 4.90 Å². The van der Waals surface area contributed by atoms with Gasteiger partial charge in [-0.05, 0) is 48.9 Å². The van der Waals surface area contributed by atoms with E-state index in [1.165, 1.54) is 28.8 Å². The summed E-state index contributed by atoms with van der Waals surface area (Å²) >= 11 is 0. The van der Waals surface area contributed by atoms with Crippen molar-refractivity contribution in [3.8, 4) is 0 Å². The van der Waals surface area contributed by atoms with E-state index >= 15 is 0 Å². The van der Waals surface area contributed by atoms with Crippen LogP contribution in [0.5, 0.6) is 0 Å². The van der Waals surface area contributed by atoms with Gasteiger partial charge in [0.25, 0.3) is 0 Å². The van der Waals surface area contributed by atoms with Crippen LogP contribution in [0.3, 0.4) is 0 Å². The highest BCUT2D eigenvalue weighted by Crippen LogP contribution is 2.34. The van der Waals surface area contributed by atoms with Gasteiger partial charge in [0.1, 0.15) is 0 Å². The highest BCUT2D eigenvalue weighted by molar-refractivity contribution is 5.97. The van der Waals surface area contributed by atoms with Crippen molar-refractivity contribution in [2.45, 2.75) is 26.2 Å². The van der Waals surface area contributed by atoms with Gasteiger partial charge in [-0.3, -0.25) is 14.3 Å². The topological polar surface area (TPSA) is 28.5 Å². The van der Waals surface area contributed by atoms with Gasteiger partial charge in [-0.25, -0.2) is 0 Å². The summed E-state index contributed by atoms with van der Waals surface area (Å²) in [7, 11) is 0. The molecule has 150 valence electrons. The summed E-state index contributed by atoms with van der Waals surface area (Å²) in [5, 5.41) is 1.27. The van der Waals surface area contributed by atoms with E-state index in [0.717, 1.165) is 44.5 Å². The molecule has 0 saturated carbocycles. The highest BCUT2D eigenvalue weighted by Gasteiger charge is 2.27. The molecule has 3 aromatic rings. The van der Waals surface area contributed by atoms with Gasteiger partial charge >= 0.3 is 0 Å². The molecule has 1 aliphatic carbocycles. The molecule has 29 heavy (non-hydrogen) atoms. The van der Waals surface area contributed by atoms with Gasteiger partial charge in [-0.1, -0.05) is 43.3 Å². The number of benzene rings is 2. The summed E-state index contributed by atoms with van der Waals surface area (Å²) < 4.78 is 2.04. The van der Waals surface area contributed by atoms with Crippen molar-refractivity contribution < 1.29 is 4.79 Å². The molecule has 2 aliphatic rings. The van der Waals surface area contributed by atoms with E-state index < -0.39 is 0 Å². The molecule has 5 rings (SSSR count). The number of anilines is 1. The number of carbonyl (C=O) groups is 1. The molecule has 1 aliphatic heterocycles. The molecule has 0 amide bonds.